The van der Waals surface area contributed by atoms with E-state index in [2.05, 4.69) is 21.6 Å². The third-order valence-corrected chi connectivity index (χ3v) is 4.22. The zero-order valence-electron chi connectivity index (χ0n) is 11.9. The molecule has 1 heterocycles. The van der Waals surface area contributed by atoms with E-state index in [1.807, 2.05) is 23.7 Å². The van der Waals surface area contributed by atoms with E-state index in [0.29, 0.717) is 5.92 Å². The van der Waals surface area contributed by atoms with Gasteiger partial charge in [-0.25, -0.2) is 4.68 Å². The van der Waals surface area contributed by atoms with Crippen molar-refractivity contribution >= 4 is 5.69 Å². The SMILES string of the molecule is Cc1cc(-c2nnnn2CC2CCCCC2)ccc1N. The lowest BCUT2D eigenvalue weighted by molar-refractivity contribution is 0.307. The molecule has 106 valence electrons. The summed E-state index contributed by atoms with van der Waals surface area (Å²) in [5.74, 6) is 1.56. The smallest absolute Gasteiger partial charge is 0.182 e. The number of benzene rings is 1. The first-order valence-electron chi connectivity index (χ1n) is 7.36. The van der Waals surface area contributed by atoms with Gasteiger partial charge in [0.2, 0.25) is 0 Å². The van der Waals surface area contributed by atoms with E-state index >= 15 is 0 Å². The number of aryl methyl sites for hydroxylation is 1. The summed E-state index contributed by atoms with van der Waals surface area (Å²) < 4.78 is 1.95. The lowest BCUT2D eigenvalue weighted by atomic mass is 9.89. The predicted molar refractivity (Wildman–Crippen MR) is 79.0 cm³/mol. The number of nitrogens with two attached hydrogens (primary N) is 1. The molecule has 1 saturated carbocycles. The van der Waals surface area contributed by atoms with Crippen LogP contribution in [0.2, 0.25) is 0 Å². The molecule has 1 aromatic heterocycles. The van der Waals surface area contributed by atoms with Crippen molar-refractivity contribution in [1.29, 1.82) is 0 Å². The Morgan fingerprint density at radius 1 is 1.25 bits per heavy atom. The molecule has 0 spiro atoms. The minimum Gasteiger partial charge on any atom is -0.399 e. The summed E-state index contributed by atoms with van der Waals surface area (Å²) in [6.07, 6.45) is 6.63. The van der Waals surface area contributed by atoms with Crippen molar-refractivity contribution in [2.75, 3.05) is 5.73 Å². The van der Waals surface area contributed by atoms with Gasteiger partial charge in [0.15, 0.2) is 5.82 Å². The van der Waals surface area contributed by atoms with E-state index in [1.165, 1.54) is 32.1 Å². The molecule has 2 aromatic rings. The van der Waals surface area contributed by atoms with E-state index in [-0.39, 0.29) is 0 Å². The number of aromatic nitrogens is 4. The molecule has 0 unspecified atom stereocenters. The van der Waals surface area contributed by atoms with Crippen LogP contribution in [-0.4, -0.2) is 20.2 Å². The largest absolute Gasteiger partial charge is 0.399 e. The molecular formula is C15H21N5. The highest BCUT2D eigenvalue weighted by Gasteiger charge is 2.17. The molecule has 5 nitrogen and oxygen atoms in total. The Hall–Kier alpha value is -1.91. The first-order valence-corrected chi connectivity index (χ1v) is 7.36. The first kappa shape index (κ1) is 13.1. The summed E-state index contributed by atoms with van der Waals surface area (Å²) in [5.41, 5.74) is 8.78. The Morgan fingerprint density at radius 2 is 2.05 bits per heavy atom. The molecule has 1 fully saturated rings. The predicted octanol–water partition coefficient (Wildman–Crippen LogP) is 2.81. The van der Waals surface area contributed by atoms with E-state index < -0.39 is 0 Å². The van der Waals surface area contributed by atoms with Crippen LogP contribution < -0.4 is 5.73 Å². The normalized spacial score (nSPS) is 16.4. The van der Waals surface area contributed by atoms with Gasteiger partial charge in [0.25, 0.3) is 0 Å². The monoisotopic (exact) mass is 271 g/mol. The fourth-order valence-corrected chi connectivity index (χ4v) is 2.96. The summed E-state index contributed by atoms with van der Waals surface area (Å²) in [7, 11) is 0. The van der Waals surface area contributed by atoms with Crippen LogP contribution in [0, 0.1) is 12.8 Å². The Bertz CT molecular complexity index is 584. The molecule has 3 rings (SSSR count). The van der Waals surface area contributed by atoms with Crippen molar-refractivity contribution in [3.8, 4) is 11.4 Å². The van der Waals surface area contributed by atoms with Gasteiger partial charge >= 0.3 is 0 Å². The fourth-order valence-electron chi connectivity index (χ4n) is 2.96. The minimum atomic E-state index is 0.709. The summed E-state index contributed by atoms with van der Waals surface area (Å²) in [6, 6.07) is 5.97. The summed E-state index contributed by atoms with van der Waals surface area (Å²) in [5, 5.41) is 12.2. The average molecular weight is 271 g/mol. The maximum atomic E-state index is 5.87. The standard InChI is InChI=1S/C15H21N5/c1-11-9-13(7-8-14(11)16)15-17-18-19-20(15)10-12-5-3-2-4-6-12/h7-9,12H,2-6,10,16H2,1H3. The van der Waals surface area contributed by atoms with Crippen LogP contribution in [0.25, 0.3) is 11.4 Å². The quantitative estimate of drug-likeness (QED) is 0.871. The second kappa shape index (κ2) is 5.61. The van der Waals surface area contributed by atoms with Gasteiger partial charge < -0.3 is 5.73 Å². The fraction of sp³-hybridized carbons (Fsp3) is 0.533. The van der Waals surface area contributed by atoms with Gasteiger partial charge in [-0.05, 0) is 59.9 Å². The van der Waals surface area contributed by atoms with Crippen LogP contribution in [0.3, 0.4) is 0 Å². The van der Waals surface area contributed by atoms with Crippen LogP contribution in [0.4, 0.5) is 5.69 Å². The highest BCUT2D eigenvalue weighted by molar-refractivity contribution is 5.61. The topological polar surface area (TPSA) is 69.6 Å². The zero-order valence-corrected chi connectivity index (χ0v) is 11.9. The molecule has 1 aromatic carbocycles. The maximum Gasteiger partial charge on any atom is 0.182 e. The first-order chi connectivity index (χ1) is 9.74. The van der Waals surface area contributed by atoms with Crippen LogP contribution in [0.5, 0.6) is 0 Å². The van der Waals surface area contributed by atoms with Gasteiger partial charge in [0.1, 0.15) is 0 Å². The minimum absolute atomic E-state index is 0.709. The Labute approximate surface area is 119 Å². The van der Waals surface area contributed by atoms with Crippen molar-refractivity contribution in [3.63, 3.8) is 0 Å². The number of nitrogens with zero attached hydrogens (tertiary/aromatic N) is 4. The Kier molecular flexibility index (Phi) is 3.67. The van der Waals surface area contributed by atoms with Crippen molar-refractivity contribution in [1.82, 2.24) is 20.2 Å². The van der Waals surface area contributed by atoms with Crippen LogP contribution in [0.15, 0.2) is 18.2 Å². The van der Waals surface area contributed by atoms with Crippen molar-refractivity contribution in [2.45, 2.75) is 45.6 Å². The maximum absolute atomic E-state index is 5.87. The van der Waals surface area contributed by atoms with E-state index in [4.69, 9.17) is 5.73 Å². The molecule has 0 saturated heterocycles. The molecule has 1 aliphatic carbocycles. The summed E-state index contributed by atoms with van der Waals surface area (Å²) in [4.78, 5) is 0. The van der Waals surface area contributed by atoms with Gasteiger partial charge in [-0.3, -0.25) is 0 Å². The number of nitrogen functional groups attached to an aromatic ring is 1. The van der Waals surface area contributed by atoms with E-state index in [0.717, 1.165) is 29.2 Å². The number of hydrogen-bond acceptors (Lipinski definition) is 4. The Balaban J connectivity index is 1.83. The molecule has 5 heteroatoms. The van der Waals surface area contributed by atoms with Crippen LogP contribution in [-0.2, 0) is 6.54 Å². The van der Waals surface area contributed by atoms with Gasteiger partial charge in [0, 0.05) is 17.8 Å². The summed E-state index contributed by atoms with van der Waals surface area (Å²) >= 11 is 0. The van der Waals surface area contributed by atoms with Gasteiger partial charge in [-0.1, -0.05) is 19.3 Å². The third-order valence-electron chi connectivity index (χ3n) is 4.22. The number of tetrazole rings is 1. The summed E-state index contributed by atoms with van der Waals surface area (Å²) in [6.45, 7) is 2.93. The van der Waals surface area contributed by atoms with Crippen molar-refractivity contribution in [3.05, 3.63) is 23.8 Å². The van der Waals surface area contributed by atoms with Crippen LogP contribution in [0.1, 0.15) is 37.7 Å². The lowest BCUT2D eigenvalue weighted by Crippen LogP contribution is -2.16. The molecule has 0 radical (unpaired) electrons. The van der Waals surface area contributed by atoms with Crippen molar-refractivity contribution < 1.29 is 0 Å². The molecular weight excluding hydrogens is 250 g/mol. The van der Waals surface area contributed by atoms with Crippen LogP contribution >= 0.6 is 0 Å². The molecule has 0 bridgehead atoms. The number of rotatable bonds is 3. The highest BCUT2D eigenvalue weighted by Crippen LogP contribution is 2.27. The number of hydrogen-bond donors (Lipinski definition) is 1. The highest BCUT2D eigenvalue weighted by atomic mass is 15.5. The number of anilines is 1. The lowest BCUT2D eigenvalue weighted by Gasteiger charge is -2.21. The van der Waals surface area contributed by atoms with Gasteiger partial charge in [0.05, 0.1) is 0 Å². The third kappa shape index (κ3) is 2.66. The molecule has 0 amide bonds. The second-order valence-corrected chi connectivity index (χ2v) is 5.76. The average Bonchev–Trinajstić information content (AvgIpc) is 2.91. The second-order valence-electron chi connectivity index (χ2n) is 5.76. The van der Waals surface area contributed by atoms with E-state index in [1.54, 1.807) is 0 Å². The Morgan fingerprint density at radius 3 is 2.80 bits per heavy atom. The molecule has 20 heavy (non-hydrogen) atoms. The molecule has 2 N–H and O–H groups in total. The van der Waals surface area contributed by atoms with Crippen molar-refractivity contribution in [2.24, 2.45) is 5.92 Å². The van der Waals surface area contributed by atoms with Gasteiger partial charge in [-0.2, -0.15) is 0 Å². The zero-order chi connectivity index (χ0) is 13.9. The molecule has 1 aliphatic rings. The molecule has 0 aliphatic heterocycles. The van der Waals surface area contributed by atoms with Gasteiger partial charge in [-0.15, -0.1) is 5.10 Å². The van der Waals surface area contributed by atoms with E-state index in [9.17, 15) is 0 Å². The molecule has 0 atom stereocenters.